The lowest BCUT2D eigenvalue weighted by Gasteiger charge is -2.07. The summed E-state index contributed by atoms with van der Waals surface area (Å²) in [6, 6.07) is 101. The van der Waals surface area contributed by atoms with Gasteiger partial charge < -0.3 is 0 Å². The van der Waals surface area contributed by atoms with Crippen LogP contribution in [0.5, 0.6) is 0 Å². The second-order valence-electron chi connectivity index (χ2n) is 25.7. The molecule has 5 heteroatoms. The molecule has 0 radical (unpaired) electrons. The van der Waals surface area contributed by atoms with Crippen molar-refractivity contribution in [1.82, 2.24) is 0 Å². The molecule has 5 aromatic heterocycles. The van der Waals surface area contributed by atoms with Gasteiger partial charge in [-0.25, -0.2) is 13.7 Å². The minimum Gasteiger partial charge on any atom is -0.200 e. The van der Waals surface area contributed by atoms with E-state index >= 15 is 0 Å². The zero-order chi connectivity index (χ0) is 96.4. The maximum absolute atomic E-state index is 2.36. The number of aromatic nitrogens is 5. The minimum atomic E-state index is 1.03. The monoisotopic (exact) mass is 1700 g/mol. The molecule has 0 saturated carbocycles. The third-order valence-corrected chi connectivity index (χ3v) is 19.4. The molecule has 5 nitrogen and oxygen atoms in total. The van der Waals surface area contributed by atoms with Gasteiger partial charge in [-0.3, -0.25) is 0 Å². The summed E-state index contributed by atoms with van der Waals surface area (Å²) in [7, 11) is 10.7. The summed E-state index contributed by atoms with van der Waals surface area (Å²) in [4.78, 5) is 0. The maximum Gasteiger partial charge on any atom is 0.220 e. The summed E-state index contributed by atoms with van der Waals surface area (Å²) in [6.07, 6.45) is 8.68. The topological polar surface area (TPSA) is 19.4 Å². The highest BCUT2D eigenvalue weighted by atomic mass is 15.0. The molecular weight excluding hydrogens is 1520 g/mol. The Hall–Kier alpha value is -11.3. The van der Waals surface area contributed by atoms with E-state index in [0.717, 1.165) is 12.8 Å². The van der Waals surface area contributed by atoms with Crippen molar-refractivity contribution in [2.45, 2.75) is 255 Å². The van der Waals surface area contributed by atoms with Crippen molar-refractivity contribution in [2.75, 3.05) is 0 Å². The van der Waals surface area contributed by atoms with Crippen molar-refractivity contribution in [3.63, 3.8) is 0 Å². The number of benzene rings is 10. The highest BCUT2D eigenvalue weighted by Gasteiger charge is 2.29. The number of nitrogens with zero attached hydrogens (tertiary/aromatic N) is 5. The molecule has 2 aliphatic carbocycles. The SMILES string of the molecule is CC.CC.CC.CC.CC.CC.CC.CC.CC.CC.CC.CC.CC.CC.CC.Cc1ccccc1-c1c2ccccc2cc[n+]1C.Cc1ccccc1-c1cc2c(c[n+]1C)-c1ccccc1C2.Cc1ccccc1-c1cc2ccccc2c[n+]1C.Cc1ccccc1-c1ccc2c([n+]1C)Cc1ccccc1-2.Cc1ccccc1-c1ccc2ccccc2[n+]1C. The summed E-state index contributed by atoms with van der Waals surface area (Å²) < 4.78 is 11.3. The third kappa shape index (κ3) is 33.2. The average Bonchev–Trinajstić information content (AvgIpc) is 1.66. The Balaban J connectivity index is -0.00000139. The van der Waals surface area contributed by atoms with Crippen LogP contribution in [0.1, 0.15) is 258 Å². The van der Waals surface area contributed by atoms with Crippen LogP contribution >= 0.6 is 0 Å². The van der Waals surface area contributed by atoms with Gasteiger partial charge in [0.1, 0.15) is 35.2 Å². The van der Waals surface area contributed by atoms with Gasteiger partial charge in [0.2, 0.25) is 34.0 Å². The molecule has 0 atom stereocenters. The van der Waals surface area contributed by atoms with Gasteiger partial charge >= 0.3 is 0 Å². The fraction of sp³-hybridized carbons (Fsp3) is 0.347. The Bertz CT molecular complexity index is 5280. The predicted octanol–water partition coefficient (Wildman–Crippen LogP) is 34.4. The number of rotatable bonds is 5. The van der Waals surface area contributed by atoms with E-state index in [4.69, 9.17) is 0 Å². The van der Waals surface area contributed by atoms with Crippen molar-refractivity contribution in [3.8, 4) is 78.5 Å². The number of pyridine rings is 5. The molecule has 2 aliphatic rings. The first-order chi connectivity index (χ1) is 61.8. The van der Waals surface area contributed by atoms with Gasteiger partial charge in [0.25, 0.3) is 0 Å². The summed E-state index contributed by atoms with van der Waals surface area (Å²) >= 11 is 0. The van der Waals surface area contributed by atoms with Gasteiger partial charge in [0.05, 0.1) is 11.8 Å². The van der Waals surface area contributed by atoms with Crippen molar-refractivity contribution in [2.24, 2.45) is 35.2 Å². The van der Waals surface area contributed by atoms with Crippen LogP contribution in [0.25, 0.3) is 111 Å². The molecule has 0 fully saturated rings. The van der Waals surface area contributed by atoms with Crippen LogP contribution in [0.4, 0.5) is 0 Å². The zero-order valence-electron chi connectivity index (χ0n) is 87.0. The fourth-order valence-electron chi connectivity index (χ4n) is 14.1. The van der Waals surface area contributed by atoms with Gasteiger partial charge in [-0.1, -0.05) is 396 Å². The predicted molar refractivity (Wildman–Crippen MR) is 568 cm³/mol. The molecule has 10 aromatic carbocycles. The first-order valence-electron chi connectivity index (χ1n) is 48.4. The Kier molecular flexibility index (Phi) is 66.9. The summed E-state index contributed by atoms with van der Waals surface area (Å²) in [6.45, 7) is 70.8. The molecule has 15 aromatic rings. The number of aryl methyl sites for hydroxylation is 9. The van der Waals surface area contributed by atoms with Crippen LogP contribution < -0.4 is 22.8 Å². The van der Waals surface area contributed by atoms with Crippen molar-refractivity contribution in [3.05, 3.63) is 354 Å². The maximum atomic E-state index is 2.36. The minimum absolute atomic E-state index is 1.03. The lowest BCUT2D eigenvalue weighted by molar-refractivity contribution is -0.666. The van der Waals surface area contributed by atoms with E-state index in [0.29, 0.717) is 0 Å². The highest BCUT2D eigenvalue weighted by Crippen LogP contribution is 2.39. The first-order valence-corrected chi connectivity index (χ1v) is 48.4. The van der Waals surface area contributed by atoms with Gasteiger partial charge in [-0.05, 0) is 168 Å². The lowest BCUT2D eigenvalue weighted by Crippen LogP contribution is -2.36. The zero-order valence-corrected chi connectivity index (χ0v) is 87.0. The number of hydrogen-bond acceptors (Lipinski definition) is 0. The van der Waals surface area contributed by atoms with Gasteiger partial charge in [-0.15, -0.1) is 0 Å². The number of para-hydroxylation sites is 1. The molecule has 17 rings (SSSR count). The van der Waals surface area contributed by atoms with E-state index < -0.39 is 0 Å². The standard InChI is InChI=1S/2C20H18N.3C17H16N.15C2H6/c1-14-7-3-5-9-17(14)20-12-16-11-15-8-4-6-10-18(15)19(16)13-21(20)2;1-14-7-3-5-9-16(14)19-12-11-18-17-10-6-4-8-15(17)13-20(18)21(19)2;1-13-7-3-6-10-16(13)17-11-14-8-4-5-9-15(14)12-18(17)2;1-13-7-3-5-9-15(13)17-16-10-6-4-8-14(16)11-12-18(17)2;1-13-7-3-5-9-15(13)17-12-11-14-8-4-6-10-16(14)18(17)2;15*1-2/h3-10,12-13H,11H2,1-2H3;3-12H,13H2,1-2H3;3*3-12H,1-2H3;15*1-2H3/q5*+1;;;;;;;;;;;;;;;. The smallest absolute Gasteiger partial charge is 0.200 e. The molecule has 0 aliphatic heterocycles. The second kappa shape index (κ2) is 70.9. The van der Waals surface area contributed by atoms with E-state index in [1.54, 1.807) is 0 Å². The van der Waals surface area contributed by atoms with E-state index in [2.05, 4.69) is 396 Å². The van der Waals surface area contributed by atoms with Crippen LogP contribution in [0.3, 0.4) is 0 Å². The average molecular weight is 1700 g/mol. The Morgan fingerprint density at radius 3 is 0.960 bits per heavy atom. The quantitative estimate of drug-likeness (QED) is 0.153. The Morgan fingerprint density at radius 2 is 0.516 bits per heavy atom. The van der Waals surface area contributed by atoms with Crippen LogP contribution in [0, 0.1) is 34.6 Å². The van der Waals surface area contributed by atoms with Crippen molar-refractivity contribution >= 4 is 32.4 Å². The van der Waals surface area contributed by atoms with E-state index in [9.17, 15) is 0 Å². The Labute approximate surface area is 773 Å². The van der Waals surface area contributed by atoms with Crippen LogP contribution in [0.15, 0.2) is 304 Å². The molecule has 126 heavy (non-hydrogen) atoms. The Morgan fingerprint density at radius 1 is 0.198 bits per heavy atom. The van der Waals surface area contributed by atoms with Crippen LogP contribution in [0.2, 0.25) is 0 Å². The largest absolute Gasteiger partial charge is 0.220 e. The van der Waals surface area contributed by atoms with Crippen molar-refractivity contribution in [1.29, 1.82) is 0 Å². The molecule has 5 heterocycles. The third-order valence-electron chi connectivity index (χ3n) is 19.4. The van der Waals surface area contributed by atoms with Crippen LogP contribution in [-0.2, 0) is 48.1 Å². The summed E-state index contributed by atoms with van der Waals surface area (Å²) in [5.74, 6) is 0. The van der Waals surface area contributed by atoms with Gasteiger partial charge in [-0.2, -0.15) is 9.13 Å². The molecular formula is C121H174N5+5. The van der Waals surface area contributed by atoms with E-state index in [-0.39, 0.29) is 0 Å². The number of fused-ring (bicyclic) bond motifs is 9. The lowest BCUT2D eigenvalue weighted by atomic mass is 10.00. The van der Waals surface area contributed by atoms with E-state index in [1.165, 1.54) is 161 Å². The molecule has 0 N–H and O–H groups in total. The van der Waals surface area contributed by atoms with Crippen LogP contribution in [-0.4, -0.2) is 0 Å². The molecule has 0 amide bonds. The second-order valence-corrected chi connectivity index (χ2v) is 25.7. The van der Waals surface area contributed by atoms with E-state index in [1.807, 2.05) is 208 Å². The molecule has 0 bridgehead atoms. The normalized spacial score (nSPS) is 9.37. The highest BCUT2D eigenvalue weighted by molar-refractivity contribution is 5.93. The number of hydrogen-bond donors (Lipinski definition) is 0. The molecule has 0 unspecified atom stereocenters. The molecule has 678 valence electrons. The van der Waals surface area contributed by atoms with Gasteiger partial charge in [0, 0.05) is 86.1 Å². The van der Waals surface area contributed by atoms with Gasteiger partial charge in [0.15, 0.2) is 24.3 Å². The summed E-state index contributed by atoms with van der Waals surface area (Å²) in [5.41, 5.74) is 32.0. The first kappa shape index (κ1) is 119. The summed E-state index contributed by atoms with van der Waals surface area (Å²) in [5, 5.41) is 6.43. The molecule has 0 spiro atoms. The van der Waals surface area contributed by atoms with Crippen molar-refractivity contribution < 1.29 is 22.8 Å². The molecule has 0 saturated heterocycles. The fourth-order valence-corrected chi connectivity index (χ4v) is 14.1.